The van der Waals surface area contributed by atoms with Gasteiger partial charge in [0.25, 0.3) is 0 Å². The van der Waals surface area contributed by atoms with Gasteiger partial charge in [-0.3, -0.25) is 4.90 Å². The van der Waals surface area contributed by atoms with Gasteiger partial charge in [0.1, 0.15) is 0 Å². The van der Waals surface area contributed by atoms with E-state index in [0.29, 0.717) is 27.9 Å². The van der Waals surface area contributed by atoms with Crippen molar-refractivity contribution >= 4 is 44.9 Å². The average molecular weight is 477 g/mol. The van der Waals surface area contributed by atoms with Crippen molar-refractivity contribution in [2.75, 3.05) is 26.2 Å². The van der Waals surface area contributed by atoms with E-state index in [-0.39, 0.29) is 0 Å². The molecule has 2 aromatic rings. The number of hydrogen-bond donors (Lipinski definition) is 1. The molecule has 1 heterocycles. The highest BCUT2D eigenvalue weighted by Gasteiger charge is 2.35. The fourth-order valence-electron chi connectivity index (χ4n) is 3.33. The Morgan fingerprint density at radius 3 is 2.45 bits per heavy atom. The van der Waals surface area contributed by atoms with Crippen LogP contribution in [0.15, 0.2) is 58.2 Å². The molecule has 0 radical (unpaired) electrons. The number of ether oxygens (including phenoxy) is 3. The highest BCUT2D eigenvalue weighted by molar-refractivity contribution is 9.10. The summed E-state index contributed by atoms with van der Waals surface area (Å²) >= 11 is 9.13. The number of carbonyl (C=O) groups is 1. The Kier molecular flexibility index (Phi) is 6.44. The van der Waals surface area contributed by atoms with E-state index in [1.807, 2.05) is 48.2 Å². The highest BCUT2D eigenvalue weighted by Crippen LogP contribution is 2.37. The number of anilines is 1. The molecule has 0 fully saturated rings. The second-order valence-electron chi connectivity index (χ2n) is 6.30. The number of allylic oxidation sites excluding steroid dienone is 1. The molecule has 6 nitrogen and oxygen atoms in total. The van der Waals surface area contributed by atoms with Crippen LogP contribution in [0.5, 0.6) is 11.5 Å². The predicted octanol–water partition coefficient (Wildman–Crippen LogP) is 4.35. The van der Waals surface area contributed by atoms with Gasteiger partial charge in [-0.2, -0.15) is 0 Å². The number of benzene rings is 2. The summed E-state index contributed by atoms with van der Waals surface area (Å²) in [5, 5.41) is 3.75. The maximum absolute atomic E-state index is 12.7. The van der Waals surface area contributed by atoms with Crippen LogP contribution in [0.2, 0.25) is 0 Å². The first-order chi connectivity index (χ1) is 13.9. The fraction of sp³-hybridized carbons (Fsp3) is 0.238. The van der Waals surface area contributed by atoms with Gasteiger partial charge in [-0.1, -0.05) is 28.1 Å². The molecule has 0 saturated heterocycles. The number of hydrogen-bond acceptors (Lipinski definition) is 5. The molecule has 8 heteroatoms. The van der Waals surface area contributed by atoms with Crippen LogP contribution in [-0.4, -0.2) is 32.4 Å². The van der Waals surface area contributed by atoms with Crippen molar-refractivity contribution in [1.82, 2.24) is 5.32 Å². The smallest absolute Gasteiger partial charge is 0.337 e. The molecule has 29 heavy (non-hydrogen) atoms. The van der Waals surface area contributed by atoms with Gasteiger partial charge in [-0.05, 0) is 55.0 Å². The first kappa shape index (κ1) is 21.1. The van der Waals surface area contributed by atoms with Crippen molar-refractivity contribution in [2.24, 2.45) is 0 Å². The quantitative estimate of drug-likeness (QED) is 0.508. The van der Waals surface area contributed by atoms with Crippen LogP contribution in [-0.2, 0) is 9.53 Å². The lowest BCUT2D eigenvalue weighted by Crippen LogP contribution is -2.48. The van der Waals surface area contributed by atoms with Crippen molar-refractivity contribution in [1.29, 1.82) is 0 Å². The molecule has 0 saturated carbocycles. The SMILES string of the molecule is COC(=O)C1=C(C)N(c2cccc(Br)c2)C(=S)NC1c1ccc(OC)c(OC)c1. The Balaban J connectivity index is 2.14. The molecule has 1 N–H and O–H groups in total. The normalized spacial score (nSPS) is 16.4. The van der Waals surface area contributed by atoms with E-state index in [9.17, 15) is 4.79 Å². The summed E-state index contributed by atoms with van der Waals surface area (Å²) in [7, 11) is 4.51. The topological polar surface area (TPSA) is 60.0 Å². The Hall–Kier alpha value is -2.58. The summed E-state index contributed by atoms with van der Waals surface area (Å²) in [4.78, 5) is 14.6. The number of halogens is 1. The molecule has 1 atom stereocenters. The monoisotopic (exact) mass is 476 g/mol. The van der Waals surface area contributed by atoms with Gasteiger partial charge >= 0.3 is 5.97 Å². The standard InChI is InChI=1S/C21H21BrN2O4S/c1-12-18(20(25)28-4)19(13-8-9-16(26-2)17(10-13)27-3)23-21(29)24(12)15-7-5-6-14(22)11-15/h5-11,19H,1-4H3,(H,23,29). The largest absolute Gasteiger partial charge is 0.493 e. The van der Waals surface area contributed by atoms with Crippen LogP contribution in [0.4, 0.5) is 5.69 Å². The number of rotatable bonds is 5. The Morgan fingerprint density at radius 2 is 1.83 bits per heavy atom. The Morgan fingerprint density at radius 1 is 1.10 bits per heavy atom. The lowest BCUT2D eigenvalue weighted by molar-refractivity contribution is -0.136. The minimum Gasteiger partial charge on any atom is -0.493 e. The van der Waals surface area contributed by atoms with E-state index in [1.165, 1.54) is 7.11 Å². The van der Waals surface area contributed by atoms with Crippen molar-refractivity contribution in [3.05, 3.63) is 63.8 Å². The first-order valence-electron chi connectivity index (χ1n) is 8.78. The lowest BCUT2D eigenvalue weighted by atomic mass is 9.94. The molecule has 1 aliphatic rings. The number of methoxy groups -OCH3 is 3. The summed E-state index contributed by atoms with van der Waals surface area (Å²) < 4.78 is 16.7. The third kappa shape index (κ3) is 4.09. The molecule has 1 aliphatic heterocycles. The second-order valence-corrected chi connectivity index (χ2v) is 7.61. The van der Waals surface area contributed by atoms with Crippen molar-refractivity contribution in [3.8, 4) is 11.5 Å². The Labute approximate surface area is 183 Å². The van der Waals surface area contributed by atoms with Crippen molar-refractivity contribution in [3.63, 3.8) is 0 Å². The molecule has 0 aromatic heterocycles. The number of nitrogens with one attached hydrogen (secondary N) is 1. The summed E-state index contributed by atoms with van der Waals surface area (Å²) in [6, 6.07) is 12.7. The summed E-state index contributed by atoms with van der Waals surface area (Å²) in [6.45, 7) is 1.86. The molecule has 2 aromatic carbocycles. The molecule has 0 amide bonds. The summed E-state index contributed by atoms with van der Waals surface area (Å²) in [5.41, 5.74) is 2.80. The third-order valence-electron chi connectivity index (χ3n) is 4.70. The van der Waals surface area contributed by atoms with Crippen LogP contribution in [0.1, 0.15) is 18.5 Å². The number of esters is 1. The minimum absolute atomic E-state index is 0.433. The zero-order valence-electron chi connectivity index (χ0n) is 16.5. The molecular formula is C21H21BrN2O4S. The average Bonchev–Trinajstić information content (AvgIpc) is 2.72. The van der Waals surface area contributed by atoms with Crippen LogP contribution >= 0.6 is 28.1 Å². The van der Waals surface area contributed by atoms with Gasteiger partial charge < -0.3 is 19.5 Å². The molecule has 152 valence electrons. The zero-order valence-corrected chi connectivity index (χ0v) is 18.9. The van der Waals surface area contributed by atoms with E-state index < -0.39 is 12.0 Å². The highest BCUT2D eigenvalue weighted by atomic mass is 79.9. The molecule has 3 rings (SSSR count). The van der Waals surface area contributed by atoms with Gasteiger partial charge in [0, 0.05) is 15.9 Å². The van der Waals surface area contributed by atoms with Crippen LogP contribution in [0, 0.1) is 0 Å². The molecule has 1 unspecified atom stereocenters. The zero-order chi connectivity index (χ0) is 21.1. The number of carbonyl (C=O) groups excluding carboxylic acids is 1. The maximum atomic E-state index is 12.7. The molecule has 0 aliphatic carbocycles. The first-order valence-corrected chi connectivity index (χ1v) is 9.98. The maximum Gasteiger partial charge on any atom is 0.337 e. The third-order valence-corrected chi connectivity index (χ3v) is 5.49. The van der Waals surface area contributed by atoms with E-state index in [1.54, 1.807) is 20.3 Å². The van der Waals surface area contributed by atoms with Crippen molar-refractivity contribution in [2.45, 2.75) is 13.0 Å². The van der Waals surface area contributed by atoms with E-state index in [0.717, 1.165) is 15.7 Å². The predicted molar refractivity (Wildman–Crippen MR) is 119 cm³/mol. The Bertz CT molecular complexity index is 992. The molecule has 0 bridgehead atoms. The van der Waals surface area contributed by atoms with Gasteiger partial charge in [-0.25, -0.2) is 4.79 Å². The lowest BCUT2D eigenvalue weighted by Gasteiger charge is -2.37. The van der Waals surface area contributed by atoms with Crippen LogP contribution in [0.25, 0.3) is 0 Å². The second kappa shape index (κ2) is 8.84. The van der Waals surface area contributed by atoms with Gasteiger partial charge in [0.05, 0.1) is 32.9 Å². The van der Waals surface area contributed by atoms with E-state index >= 15 is 0 Å². The number of thiocarbonyl (C=S) groups is 1. The van der Waals surface area contributed by atoms with Gasteiger partial charge in [-0.15, -0.1) is 0 Å². The summed E-state index contributed by atoms with van der Waals surface area (Å²) in [5.74, 6) is 0.733. The van der Waals surface area contributed by atoms with E-state index in [4.69, 9.17) is 26.4 Å². The molecule has 0 spiro atoms. The van der Waals surface area contributed by atoms with Gasteiger partial charge in [0.2, 0.25) is 0 Å². The number of nitrogens with zero attached hydrogens (tertiary/aromatic N) is 1. The summed E-state index contributed by atoms with van der Waals surface area (Å²) in [6.07, 6.45) is 0. The molecular weight excluding hydrogens is 456 g/mol. The fourth-order valence-corrected chi connectivity index (χ4v) is 4.07. The van der Waals surface area contributed by atoms with Crippen molar-refractivity contribution < 1.29 is 19.0 Å². The van der Waals surface area contributed by atoms with E-state index in [2.05, 4.69) is 21.2 Å². The van der Waals surface area contributed by atoms with Crippen LogP contribution in [0.3, 0.4) is 0 Å². The van der Waals surface area contributed by atoms with Gasteiger partial charge in [0.15, 0.2) is 16.6 Å². The minimum atomic E-state index is -0.488. The van der Waals surface area contributed by atoms with Crippen LogP contribution < -0.4 is 19.7 Å².